The van der Waals surface area contributed by atoms with E-state index in [1.54, 1.807) is 0 Å². The fourth-order valence-corrected chi connectivity index (χ4v) is 0. The van der Waals surface area contributed by atoms with Crippen LogP contribution in [0.4, 0.5) is 0 Å². The minimum Gasteiger partial charge on any atom is -0.380 e. The minimum absolute atomic E-state index is 0.194. The first-order valence-electron chi connectivity index (χ1n) is 1.00. The molecule has 5 heavy (non-hydrogen) atoms. The number of nitrogens with one attached hydrogen (secondary N) is 1. The molecule has 0 aliphatic heterocycles. The summed E-state index contributed by atoms with van der Waals surface area (Å²) in [5.41, 5.74) is 5.88. The third-order valence-electron chi connectivity index (χ3n) is 0.117. The van der Waals surface area contributed by atoms with Gasteiger partial charge in [-0.1, -0.05) is 0 Å². The van der Waals surface area contributed by atoms with Crippen LogP contribution in [0.3, 0.4) is 0 Å². The van der Waals surface area contributed by atoms with E-state index < -0.39 is 5.91 Å². The molecule has 0 atom stereocenters. The van der Waals surface area contributed by atoms with E-state index in [0.717, 1.165) is 0 Å². The topological polar surface area (TPSA) is 61.1 Å². The van der Waals surface area contributed by atoms with Crippen molar-refractivity contribution < 1.29 is 9.90 Å². The van der Waals surface area contributed by atoms with Crippen molar-refractivity contribution in [1.82, 2.24) is 5.73 Å². The highest BCUT2D eigenvalue weighted by Gasteiger charge is 1.82. The molecular weight excluding hydrogens is 70.0 g/mol. The zero-order chi connectivity index (χ0) is 4.28. The van der Waals surface area contributed by atoms with Gasteiger partial charge in [-0.15, -0.1) is 0 Å². The van der Waals surface area contributed by atoms with Crippen molar-refractivity contribution in [3.8, 4) is 0 Å². The van der Waals surface area contributed by atoms with E-state index in [1.807, 2.05) is 0 Å². The molecule has 2 radical (unpaired) electrons. The van der Waals surface area contributed by atoms with Crippen LogP contribution in [0.1, 0.15) is 0 Å². The molecule has 0 aromatic heterocycles. The van der Waals surface area contributed by atoms with Gasteiger partial charge in [0.1, 0.15) is 0 Å². The van der Waals surface area contributed by atoms with Crippen LogP contribution in [0.25, 0.3) is 0 Å². The van der Waals surface area contributed by atoms with Crippen LogP contribution in [-0.2, 0) is 4.79 Å². The van der Waals surface area contributed by atoms with Gasteiger partial charge in [0.05, 0.1) is 0 Å². The Balaban J connectivity index is 2.85. The van der Waals surface area contributed by atoms with Gasteiger partial charge in [-0.25, -0.2) is 0 Å². The molecule has 0 spiro atoms. The first-order chi connectivity index (χ1) is 2.27. The van der Waals surface area contributed by atoms with Crippen LogP contribution in [0.2, 0.25) is 0 Å². The largest absolute Gasteiger partial charge is 0.380 e. The second-order valence-corrected chi connectivity index (χ2v) is 0.493. The second-order valence-electron chi connectivity index (χ2n) is 0.493. The summed E-state index contributed by atoms with van der Waals surface area (Å²) in [6.07, 6.45) is 0. The van der Waals surface area contributed by atoms with Gasteiger partial charge < -0.3 is 5.11 Å². The molecule has 0 fully saturated rings. The normalized spacial score (nSPS) is 7.40. The fraction of sp³-hybridized carbons (Fsp3) is 0. The van der Waals surface area contributed by atoms with Gasteiger partial charge in [0, 0.05) is 0 Å². The van der Waals surface area contributed by atoms with Crippen LogP contribution in [0.5, 0.6) is 0 Å². The second kappa shape index (κ2) is 1.72. The summed E-state index contributed by atoms with van der Waals surface area (Å²) >= 11 is 0. The summed E-state index contributed by atoms with van der Waals surface area (Å²) in [7, 11) is 0. The van der Waals surface area contributed by atoms with Gasteiger partial charge in [0.2, 0.25) is 0 Å². The Labute approximate surface area is 29.4 Å². The van der Waals surface area contributed by atoms with Crippen LogP contribution in [0, 0.1) is 6.61 Å². The van der Waals surface area contributed by atoms with E-state index in [0.29, 0.717) is 0 Å². The van der Waals surface area contributed by atoms with E-state index in [4.69, 9.17) is 10.8 Å². The predicted octanol–water partition coefficient (Wildman–Crippen LogP) is -0.670. The van der Waals surface area contributed by atoms with Crippen LogP contribution in [-0.4, -0.2) is 11.0 Å². The van der Waals surface area contributed by atoms with Gasteiger partial charge >= 0.3 is 0 Å². The van der Waals surface area contributed by atoms with Crippen molar-refractivity contribution in [1.29, 1.82) is 0 Å². The third-order valence-corrected chi connectivity index (χ3v) is 0.117. The van der Waals surface area contributed by atoms with Crippen molar-refractivity contribution in [3.63, 3.8) is 0 Å². The quantitative estimate of drug-likeness (QED) is 0.447. The maximum absolute atomic E-state index is 9.17. The van der Waals surface area contributed by atoms with E-state index >= 15 is 0 Å². The lowest BCUT2D eigenvalue weighted by Gasteiger charge is -1.69. The Kier molecular flexibility index (Phi) is 1.53. The number of aliphatic hydroxyl groups is 1. The summed E-state index contributed by atoms with van der Waals surface area (Å²) < 4.78 is 0. The van der Waals surface area contributed by atoms with Crippen LogP contribution in [0.15, 0.2) is 0 Å². The Hall–Kier alpha value is -0.570. The van der Waals surface area contributed by atoms with Gasteiger partial charge in [-0.3, -0.25) is 10.5 Å². The maximum atomic E-state index is 9.17. The van der Waals surface area contributed by atoms with Gasteiger partial charge in [0.25, 0.3) is 5.91 Å². The molecule has 0 saturated heterocycles. The van der Waals surface area contributed by atoms with Crippen LogP contribution >= 0.6 is 0 Å². The van der Waals surface area contributed by atoms with Crippen molar-refractivity contribution in [3.05, 3.63) is 6.61 Å². The monoisotopic (exact) mass is 73.0 g/mol. The lowest BCUT2D eigenvalue weighted by molar-refractivity contribution is -0.118. The molecule has 0 aliphatic carbocycles. The zero-order valence-corrected chi connectivity index (χ0v) is 2.43. The Morgan fingerprint density at radius 1 is 2.00 bits per heavy atom. The van der Waals surface area contributed by atoms with Crippen LogP contribution < -0.4 is 5.73 Å². The third kappa shape index (κ3) is 3.43. The number of rotatable bonds is 1. The van der Waals surface area contributed by atoms with E-state index in [-0.39, 0.29) is 6.61 Å². The lowest BCUT2D eigenvalue weighted by Crippen LogP contribution is -1.94. The highest BCUT2D eigenvalue weighted by atomic mass is 16.3. The first kappa shape index (κ1) is 4.43. The SMILES string of the molecule is [NH]C(=O)[CH]O. The number of amides is 1. The molecule has 1 amide bonds. The van der Waals surface area contributed by atoms with E-state index in [2.05, 4.69) is 0 Å². The molecule has 0 aliphatic rings. The smallest absolute Gasteiger partial charge is 0.270 e. The molecular formula is C2H3NO2. The molecule has 28 valence electrons. The Bertz CT molecular complexity index is 42.9. The average Bonchev–Trinajstić information content (AvgIpc) is 1.38. The van der Waals surface area contributed by atoms with Crippen molar-refractivity contribution in [2.24, 2.45) is 0 Å². The van der Waals surface area contributed by atoms with Crippen molar-refractivity contribution in [2.45, 2.75) is 0 Å². The number of carbonyl (C=O) groups is 1. The molecule has 2 N–H and O–H groups in total. The fourth-order valence-electron chi connectivity index (χ4n) is 0. The number of hydrogen-bond acceptors (Lipinski definition) is 2. The highest BCUT2D eigenvalue weighted by Crippen LogP contribution is 1.56. The molecule has 3 heteroatoms. The average molecular weight is 73.1 g/mol. The summed E-state index contributed by atoms with van der Waals surface area (Å²) in [6.45, 7) is 0.194. The molecule has 0 unspecified atom stereocenters. The summed E-state index contributed by atoms with van der Waals surface area (Å²) in [4.78, 5) is 9.17. The molecule has 0 rings (SSSR count). The zero-order valence-electron chi connectivity index (χ0n) is 2.43. The minimum atomic E-state index is -1.06. The maximum Gasteiger partial charge on any atom is 0.270 e. The summed E-state index contributed by atoms with van der Waals surface area (Å²) in [5.74, 6) is -1.06. The standard InChI is InChI=1S/C2H3NO2/c3-2(5)1-4/h1,3-4H. The van der Waals surface area contributed by atoms with Crippen molar-refractivity contribution in [2.75, 3.05) is 0 Å². The summed E-state index contributed by atoms with van der Waals surface area (Å²) in [5, 5.41) is 7.48. The molecule has 3 nitrogen and oxygen atoms in total. The Morgan fingerprint density at radius 3 is 2.20 bits per heavy atom. The van der Waals surface area contributed by atoms with E-state index in [1.165, 1.54) is 0 Å². The number of aliphatic hydroxyl groups excluding tert-OH is 1. The van der Waals surface area contributed by atoms with Crippen molar-refractivity contribution >= 4 is 5.91 Å². The molecule has 0 aromatic carbocycles. The Morgan fingerprint density at radius 2 is 2.20 bits per heavy atom. The molecule has 0 aromatic rings. The first-order valence-corrected chi connectivity index (χ1v) is 1.00. The molecule has 0 bridgehead atoms. The van der Waals surface area contributed by atoms with E-state index in [9.17, 15) is 4.79 Å². The molecule has 0 saturated carbocycles. The van der Waals surface area contributed by atoms with Gasteiger partial charge in [-0.05, 0) is 0 Å². The predicted molar refractivity (Wildman–Crippen MR) is 14.3 cm³/mol. The number of hydrogen-bond donors (Lipinski definition) is 1. The molecule has 0 heterocycles. The van der Waals surface area contributed by atoms with Gasteiger partial charge in [0.15, 0.2) is 6.61 Å². The lowest BCUT2D eigenvalue weighted by atomic mass is 10.7. The summed E-state index contributed by atoms with van der Waals surface area (Å²) in [6, 6.07) is 0. The number of carbonyl (C=O) groups excluding carboxylic acids is 1. The highest BCUT2D eigenvalue weighted by molar-refractivity contribution is 5.79. The van der Waals surface area contributed by atoms with Gasteiger partial charge in [-0.2, -0.15) is 0 Å².